The molecule has 31 heavy (non-hydrogen) atoms. The monoisotopic (exact) mass is 430 g/mol. The fraction of sp³-hybridized carbons (Fsp3) is 0.136. The van der Waals surface area contributed by atoms with Crippen LogP contribution in [0.25, 0.3) is 22.1 Å². The lowest BCUT2D eigenvalue weighted by Crippen LogP contribution is -2.13. The number of nitrogens with zero attached hydrogens (tertiary/aromatic N) is 5. The van der Waals surface area contributed by atoms with Gasteiger partial charge in [0, 0.05) is 29.9 Å². The molecule has 4 heterocycles. The summed E-state index contributed by atoms with van der Waals surface area (Å²) < 4.78 is 0. The fourth-order valence-electron chi connectivity index (χ4n) is 3.49. The van der Waals surface area contributed by atoms with Gasteiger partial charge < -0.3 is 15.6 Å². The maximum atomic E-state index is 6.42. The number of nitrogens with one attached hydrogen (secondary N) is 3. The predicted octanol–water partition coefficient (Wildman–Crippen LogP) is 4.73. The quantitative estimate of drug-likeness (QED) is 0.357. The number of H-pyrrole nitrogens is 1. The van der Waals surface area contributed by atoms with Crippen molar-refractivity contribution in [2.75, 3.05) is 10.6 Å². The average molecular weight is 431 g/mol. The van der Waals surface area contributed by atoms with E-state index in [9.17, 15) is 0 Å². The Kier molecular flexibility index (Phi) is 5.05. The molecule has 1 aromatic carbocycles. The molecule has 5 rings (SSSR count). The van der Waals surface area contributed by atoms with Crippen molar-refractivity contribution in [1.82, 2.24) is 29.9 Å². The lowest BCUT2D eigenvalue weighted by Gasteiger charge is -2.20. The molecule has 0 aliphatic rings. The number of para-hydroxylation sites is 1. The lowest BCUT2D eigenvalue weighted by molar-refractivity contribution is 0.868. The highest BCUT2D eigenvalue weighted by molar-refractivity contribution is 6.35. The van der Waals surface area contributed by atoms with Crippen LogP contribution in [0.4, 0.5) is 11.6 Å². The number of halogens is 1. The molecule has 0 amide bonds. The number of anilines is 2. The van der Waals surface area contributed by atoms with Gasteiger partial charge in [0.1, 0.15) is 17.7 Å². The third kappa shape index (κ3) is 3.85. The van der Waals surface area contributed by atoms with Gasteiger partial charge in [0.15, 0.2) is 11.5 Å². The molecule has 0 saturated heterocycles. The summed E-state index contributed by atoms with van der Waals surface area (Å²) in [5.41, 5.74) is 4.18. The van der Waals surface area contributed by atoms with Gasteiger partial charge in [-0.1, -0.05) is 29.8 Å². The van der Waals surface area contributed by atoms with Gasteiger partial charge in [0.05, 0.1) is 22.9 Å². The van der Waals surface area contributed by atoms with Crippen LogP contribution in [0.5, 0.6) is 0 Å². The van der Waals surface area contributed by atoms with E-state index >= 15 is 0 Å². The number of aromatic amines is 1. The molecule has 0 bridgehead atoms. The molecule has 0 spiro atoms. The Bertz CT molecular complexity index is 1350. The number of pyridine rings is 2. The van der Waals surface area contributed by atoms with Crippen LogP contribution in [0.3, 0.4) is 0 Å². The van der Waals surface area contributed by atoms with E-state index < -0.39 is 0 Å². The van der Waals surface area contributed by atoms with E-state index in [2.05, 4.69) is 48.5 Å². The Morgan fingerprint density at radius 3 is 2.87 bits per heavy atom. The fourth-order valence-corrected chi connectivity index (χ4v) is 3.72. The largest absolute Gasteiger partial charge is 0.366 e. The Morgan fingerprint density at radius 2 is 2.00 bits per heavy atom. The van der Waals surface area contributed by atoms with Gasteiger partial charge in [-0.2, -0.15) is 0 Å². The topological polar surface area (TPSA) is 104 Å². The summed E-state index contributed by atoms with van der Waals surface area (Å²) in [4.78, 5) is 24.9. The average Bonchev–Trinajstić information content (AvgIpc) is 3.28. The number of rotatable bonds is 6. The molecule has 0 saturated carbocycles. The summed E-state index contributed by atoms with van der Waals surface area (Å²) in [6, 6.07) is 11.7. The maximum Gasteiger partial charge on any atom is 0.162 e. The van der Waals surface area contributed by atoms with Crippen molar-refractivity contribution in [2.45, 2.75) is 19.5 Å². The first-order valence-electron chi connectivity index (χ1n) is 9.81. The highest BCUT2D eigenvalue weighted by atomic mass is 35.5. The van der Waals surface area contributed by atoms with Crippen molar-refractivity contribution in [1.29, 1.82) is 0 Å². The number of fused-ring (bicyclic) bond motifs is 2. The first-order chi connectivity index (χ1) is 15.2. The van der Waals surface area contributed by atoms with E-state index in [1.54, 1.807) is 12.5 Å². The van der Waals surface area contributed by atoms with Gasteiger partial charge in [-0.05, 0) is 30.7 Å². The van der Waals surface area contributed by atoms with E-state index in [4.69, 9.17) is 16.6 Å². The summed E-state index contributed by atoms with van der Waals surface area (Å²) >= 11 is 6.42. The summed E-state index contributed by atoms with van der Waals surface area (Å²) in [5, 5.41) is 8.47. The maximum absolute atomic E-state index is 6.42. The Balaban J connectivity index is 1.52. The molecule has 5 aromatic rings. The minimum absolute atomic E-state index is 0.109. The van der Waals surface area contributed by atoms with Crippen LogP contribution in [-0.2, 0) is 6.54 Å². The zero-order valence-electron chi connectivity index (χ0n) is 16.7. The highest BCUT2D eigenvalue weighted by Gasteiger charge is 2.17. The van der Waals surface area contributed by atoms with E-state index in [0.717, 1.165) is 27.8 Å². The molecule has 0 radical (unpaired) electrons. The standard InChI is InChI=1S/C22H19ClN8/c1-13(30-22-19-21(27-11-26-19)28-12-29-22)16-8-15-5-2-6-17(23)18(15)31-20(16)25-10-14-4-3-7-24-9-14/h2-9,11-13H,10H2,1H3,(H,25,31)(H2,26,27,28,29,30). The van der Waals surface area contributed by atoms with Crippen LogP contribution in [0, 0.1) is 0 Å². The molecule has 8 nitrogen and oxygen atoms in total. The van der Waals surface area contributed by atoms with Crippen LogP contribution >= 0.6 is 11.6 Å². The summed E-state index contributed by atoms with van der Waals surface area (Å²) in [7, 11) is 0. The van der Waals surface area contributed by atoms with Crippen LogP contribution in [-0.4, -0.2) is 29.9 Å². The number of benzene rings is 1. The minimum Gasteiger partial charge on any atom is -0.366 e. The SMILES string of the molecule is CC(Nc1ncnc2[nH]cnc12)c1cc2cccc(Cl)c2nc1NCc1cccnc1. The molecule has 4 aromatic heterocycles. The van der Waals surface area contributed by atoms with Gasteiger partial charge in [0.2, 0.25) is 0 Å². The zero-order valence-corrected chi connectivity index (χ0v) is 17.4. The van der Waals surface area contributed by atoms with E-state index in [0.29, 0.717) is 28.5 Å². The smallest absolute Gasteiger partial charge is 0.162 e. The Morgan fingerprint density at radius 1 is 1.06 bits per heavy atom. The summed E-state index contributed by atoms with van der Waals surface area (Å²) in [6.07, 6.45) is 6.70. The second-order valence-corrected chi connectivity index (χ2v) is 7.55. The summed E-state index contributed by atoms with van der Waals surface area (Å²) in [6.45, 7) is 2.65. The second kappa shape index (κ2) is 8.16. The molecule has 0 aliphatic carbocycles. The van der Waals surface area contributed by atoms with Crippen molar-refractivity contribution in [3.63, 3.8) is 0 Å². The van der Waals surface area contributed by atoms with Gasteiger partial charge in [-0.15, -0.1) is 0 Å². The van der Waals surface area contributed by atoms with Crippen molar-refractivity contribution in [2.24, 2.45) is 0 Å². The molecule has 0 aliphatic heterocycles. The van der Waals surface area contributed by atoms with Crippen LogP contribution in [0.1, 0.15) is 24.1 Å². The predicted molar refractivity (Wildman–Crippen MR) is 122 cm³/mol. The third-order valence-corrected chi connectivity index (χ3v) is 5.35. The highest BCUT2D eigenvalue weighted by Crippen LogP contribution is 2.31. The van der Waals surface area contributed by atoms with E-state index in [1.165, 1.54) is 6.33 Å². The normalized spacial score (nSPS) is 12.2. The van der Waals surface area contributed by atoms with Crippen LogP contribution in [0.2, 0.25) is 5.02 Å². The first kappa shape index (κ1) is 19.2. The van der Waals surface area contributed by atoms with Gasteiger partial charge in [-0.3, -0.25) is 4.98 Å². The van der Waals surface area contributed by atoms with Crippen LogP contribution in [0.15, 0.2) is 61.4 Å². The van der Waals surface area contributed by atoms with Crippen molar-refractivity contribution in [3.05, 3.63) is 77.6 Å². The van der Waals surface area contributed by atoms with Crippen molar-refractivity contribution in [3.8, 4) is 0 Å². The zero-order chi connectivity index (χ0) is 21.2. The minimum atomic E-state index is -0.109. The number of hydrogen-bond acceptors (Lipinski definition) is 7. The molecular formula is C22H19ClN8. The van der Waals surface area contributed by atoms with Crippen LogP contribution < -0.4 is 10.6 Å². The molecule has 9 heteroatoms. The van der Waals surface area contributed by atoms with Crippen molar-refractivity contribution < 1.29 is 0 Å². The molecule has 3 N–H and O–H groups in total. The lowest BCUT2D eigenvalue weighted by atomic mass is 10.1. The number of aromatic nitrogens is 6. The Hall–Kier alpha value is -3.78. The molecular weight excluding hydrogens is 412 g/mol. The number of imidazole rings is 1. The number of hydrogen-bond donors (Lipinski definition) is 3. The molecule has 154 valence electrons. The van der Waals surface area contributed by atoms with Crippen molar-refractivity contribution >= 4 is 45.3 Å². The summed E-state index contributed by atoms with van der Waals surface area (Å²) in [5.74, 6) is 1.40. The van der Waals surface area contributed by atoms with E-state index in [-0.39, 0.29) is 6.04 Å². The molecule has 0 fully saturated rings. The second-order valence-electron chi connectivity index (χ2n) is 7.14. The molecule has 1 atom stereocenters. The van der Waals surface area contributed by atoms with E-state index in [1.807, 2.05) is 36.5 Å². The van der Waals surface area contributed by atoms with Gasteiger partial charge >= 0.3 is 0 Å². The third-order valence-electron chi connectivity index (χ3n) is 5.05. The van der Waals surface area contributed by atoms with Gasteiger partial charge in [-0.25, -0.2) is 19.9 Å². The molecule has 1 unspecified atom stereocenters. The Labute approximate surface area is 183 Å². The first-order valence-corrected chi connectivity index (χ1v) is 10.2. The van der Waals surface area contributed by atoms with Gasteiger partial charge in [0.25, 0.3) is 0 Å².